The number of allylic oxidation sites excluding steroid dienone is 3. The van der Waals surface area contributed by atoms with Crippen LogP contribution in [0.25, 0.3) is 10.8 Å². The van der Waals surface area contributed by atoms with E-state index in [1.54, 1.807) is 0 Å². The summed E-state index contributed by atoms with van der Waals surface area (Å²) in [5, 5.41) is 8.52. The molecule has 2 aromatic rings. The molecule has 2 aliphatic rings. The van der Waals surface area contributed by atoms with Crippen LogP contribution in [-0.2, 0) is 4.79 Å². The van der Waals surface area contributed by atoms with Gasteiger partial charge in [-0.15, -0.1) is 0 Å². The number of amides is 1. The van der Waals surface area contributed by atoms with Crippen molar-refractivity contribution in [2.75, 3.05) is 6.54 Å². The van der Waals surface area contributed by atoms with E-state index in [2.05, 4.69) is 39.9 Å². The van der Waals surface area contributed by atoms with Gasteiger partial charge in [-0.1, -0.05) is 30.3 Å². The zero-order valence-electron chi connectivity index (χ0n) is 11.5. The van der Waals surface area contributed by atoms with Crippen molar-refractivity contribution in [1.82, 2.24) is 15.6 Å². The van der Waals surface area contributed by atoms with E-state index in [1.165, 1.54) is 10.9 Å². The van der Waals surface area contributed by atoms with Crippen molar-refractivity contribution in [3.05, 3.63) is 65.8 Å². The van der Waals surface area contributed by atoms with Gasteiger partial charge in [0.25, 0.3) is 0 Å². The highest BCUT2D eigenvalue weighted by Crippen LogP contribution is 2.33. The third-order valence-electron chi connectivity index (χ3n) is 4.08. The molecular formula is C17H15N3O. The number of nitrogens with zero attached hydrogens (tertiary/aromatic N) is 1. The van der Waals surface area contributed by atoms with Gasteiger partial charge in [-0.25, -0.2) is 0 Å². The fourth-order valence-corrected chi connectivity index (χ4v) is 3.03. The number of fused-ring (bicyclic) bond motifs is 1. The second-order valence-electron chi connectivity index (χ2n) is 5.41. The topological polar surface area (TPSA) is 54.0 Å². The maximum atomic E-state index is 11.4. The molecule has 0 radical (unpaired) electrons. The minimum Gasteiger partial charge on any atom is -0.378 e. The summed E-state index contributed by atoms with van der Waals surface area (Å²) in [4.78, 5) is 15.8. The van der Waals surface area contributed by atoms with E-state index < -0.39 is 0 Å². The molecule has 2 N–H and O–H groups in total. The average molecular weight is 277 g/mol. The number of nitrogens with one attached hydrogen (secondary N) is 2. The lowest BCUT2D eigenvalue weighted by Crippen LogP contribution is -2.41. The van der Waals surface area contributed by atoms with Gasteiger partial charge in [-0.3, -0.25) is 9.78 Å². The summed E-state index contributed by atoms with van der Waals surface area (Å²) in [6, 6.07) is 8.31. The van der Waals surface area contributed by atoms with E-state index in [1.807, 2.05) is 24.5 Å². The Balaban J connectivity index is 1.72. The fourth-order valence-electron chi connectivity index (χ4n) is 3.03. The summed E-state index contributed by atoms with van der Waals surface area (Å²) in [6.45, 7) is 0.354. The van der Waals surface area contributed by atoms with Crippen molar-refractivity contribution in [2.45, 2.75) is 12.3 Å². The van der Waals surface area contributed by atoms with E-state index in [0.29, 0.717) is 6.54 Å². The molecule has 0 spiro atoms. The largest absolute Gasteiger partial charge is 0.378 e. The van der Waals surface area contributed by atoms with Gasteiger partial charge in [0.15, 0.2) is 0 Å². The van der Waals surface area contributed by atoms with Crippen LogP contribution < -0.4 is 10.6 Å². The fraction of sp³-hybridized carbons (Fsp3) is 0.176. The molecule has 0 fully saturated rings. The van der Waals surface area contributed by atoms with Crippen LogP contribution in [0.3, 0.4) is 0 Å². The van der Waals surface area contributed by atoms with E-state index in [9.17, 15) is 4.79 Å². The predicted molar refractivity (Wildman–Crippen MR) is 81.4 cm³/mol. The molecule has 1 aliphatic carbocycles. The first-order valence-electron chi connectivity index (χ1n) is 7.09. The van der Waals surface area contributed by atoms with Crippen molar-refractivity contribution < 1.29 is 4.79 Å². The zero-order chi connectivity index (χ0) is 14.2. The Morgan fingerprint density at radius 2 is 2.10 bits per heavy atom. The van der Waals surface area contributed by atoms with E-state index in [0.717, 1.165) is 23.2 Å². The van der Waals surface area contributed by atoms with Gasteiger partial charge < -0.3 is 10.6 Å². The van der Waals surface area contributed by atoms with Crippen LogP contribution >= 0.6 is 0 Å². The highest BCUT2D eigenvalue weighted by molar-refractivity contribution is 5.86. The van der Waals surface area contributed by atoms with Gasteiger partial charge in [0.1, 0.15) is 0 Å². The van der Waals surface area contributed by atoms with E-state index in [4.69, 9.17) is 0 Å². The molecule has 104 valence electrons. The monoisotopic (exact) mass is 277 g/mol. The lowest BCUT2D eigenvalue weighted by molar-refractivity contribution is -0.119. The molecule has 1 aromatic heterocycles. The lowest BCUT2D eigenvalue weighted by Gasteiger charge is -2.27. The summed E-state index contributed by atoms with van der Waals surface area (Å²) in [7, 11) is 0. The smallest absolute Gasteiger partial charge is 0.243 e. The van der Waals surface area contributed by atoms with Crippen LogP contribution in [0.2, 0.25) is 0 Å². The molecule has 1 aromatic carbocycles. The molecule has 1 amide bonds. The van der Waals surface area contributed by atoms with Gasteiger partial charge in [0.05, 0.1) is 12.2 Å². The van der Waals surface area contributed by atoms with Crippen molar-refractivity contribution in [3.8, 4) is 0 Å². The van der Waals surface area contributed by atoms with Crippen molar-refractivity contribution in [1.29, 1.82) is 0 Å². The molecule has 1 aliphatic heterocycles. The summed E-state index contributed by atoms with van der Waals surface area (Å²) in [5.74, 6) is 0.300. The Labute approximate surface area is 122 Å². The predicted octanol–water partition coefficient (Wildman–Crippen LogP) is 2.21. The average Bonchev–Trinajstić information content (AvgIpc) is 2.54. The number of hydrogen-bond donors (Lipinski definition) is 2. The van der Waals surface area contributed by atoms with Gasteiger partial charge in [0, 0.05) is 29.4 Å². The van der Waals surface area contributed by atoms with Gasteiger partial charge in [-0.2, -0.15) is 0 Å². The Morgan fingerprint density at radius 1 is 1.19 bits per heavy atom. The molecule has 4 heteroatoms. The Hall–Kier alpha value is -2.62. The number of hydrogen-bond acceptors (Lipinski definition) is 3. The molecule has 1 atom stereocenters. The highest BCUT2D eigenvalue weighted by Gasteiger charge is 2.23. The molecule has 4 rings (SSSR count). The molecule has 1 unspecified atom stereocenters. The van der Waals surface area contributed by atoms with Gasteiger partial charge >= 0.3 is 0 Å². The SMILES string of the molecule is O=C1CNC2=C(C=CC(c3cncc4ccccc34)C2)N1. The number of aromatic nitrogens is 1. The normalized spacial score (nSPS) is 21.0. The number of benzene rings is 1. The summed E-state index contributed by atoms with van der Waals surface area (Å²) >= 11 is 0. The first-order chi connectivity index (χ1) is 10.3. The lowest BCUT2D eigenvalue weighted by atomic mass is 9.87. The Bertz CT molecular complexity index is 786. The van der Waals surface area contributed by atoms with Crippen LogP contribution in [0.5, 0.6) is 0 Å². The summed E-state index contributed by atoms with van der Waals surface area (Å²) in [6.07, 6.45) is 8.85. The summed E-state index contributed by atoms with van der Waals surface area (Å²) < 4.78 is 0. The Kier molecular flexibility index (Phi) is 2.74. The van der Waals surface area contributed by atoms with Crippen LogP contribution in [0.15, 0.2) is 60.2 Å². The van der Waals surface area contributed by atoms with Crippen molar-refractivity contribution in [2.24, 2.45) is 0 Å². The van der Waals surface area contributed by atoms with Crippen LogP contribution in [0.1, 0.15) is 17.9 Å². The second-order valence-corrected chi connectivity index (χ2v) is 5.41. The minimum atomic E-state index is 0.0173. The molecule has 0 saturated carbocycles. The van der Waals surface area contributed by atoms with Gasteiger partial charge in [-0.05, 0) is 23.4 Å². The summed E-state index contributed by atoms with van der Waals surface area (Å²) in [5.41, 5.74) is 3.24. The molecule has 21 heavy (non-hydrogen) atoms. The molecule has 4 nitrogen and oxygen atoms in total. The molecule has 2 heterocycles. The number of pyridine rings is 1. The zero-order valence-corrected chi connectivity index (χ0v) is 11.5. The van der Waals surface area contributed by atoms with Crippen LogP contribution in [0, 0.1) is 0 Å². The number of carbonyl (C=O) groups excluding carboxylic acids is 1. The van der Waals surface area contributed by atoms with Gasteiger partial charge in [0.2, 0.25) is 5.91 Å². The van der Waals surface area contributed by atoms with Crippen molar-refractivity contribution >= 4 is 16.7 Å². The first kappa shape index (κ1) is 12.1. The standard InChI is InChI=1S/C17H15N3O/c21-17-10-19-16-7-11(5-6-15(16)20-17)14-9-18-8-12-3-1-2-4-13(12)14/h1-6,8-9,11,19H,7,10H2,(H,20,21). The third-order valence-corrected chi connectivity index (χ3v) is 4.08. The number of rotatable bonds is 1. The van der Waals surface area contributed by atoms with Crippen molar-refractivity contribution in [3.63, 3.8) is 0 Å². The Morgan fingerprint density at radius 3 is 3.05 bits per heavy atom. The number of carbonyl (C=O) groups is 1. The van der Waals surface area contributed by atoms with E-state index in [-0.39, 0.29) is 11.8 Å². The van der Waals surface area contributed by atoms with Crippen LogP contribution in [0.4, 0.5) is 0 Å². The molecular weight excluding hydrogens is 262 g/mol. The minimum absolute atomic E-state index is 0.0173. The molecule has 0 bridgehead atoms. The first-order valence-corrected chi connectivity index (χ1v) is 7.09. The van der Waals surface area contributed by atoms with Crippen LogP contribution in [-0.4, -0.2) is 17.4 Å². The highest BCUT2D eigenvalue weighted by atomic mass is 16.2. The molecule has 0 saturated heterocycles. The third kappa shape index (κ3) is 2.09. The maximum absolute atomic E-state index is 11.4. The maximum Gasteiger partial charge on any atom is 0.243 e. The van der Waals surface area contributed by atoms with E-state index >= 15 is 0 Å². The second kappa shape index (κ2) is 4.74. The quantitative estimate of drug-likeness (QED) is 0.840.